The van der Waals surface area contributed by atoms with Crippen LogP contribution in [0.1, 0.15) is 35.5 Å². The summed E-state index contributed by atoms with van der Waals surface area (Å²) < 4.78 is 11.1. The molecule has 0 bridgehead atoms. The molecule has 132 valence electrons. The predicted octanol–water partition coefficient (Wildman–Crippen LogP) is 2.54. The number of aryl methyl sites for hydroxylation is 1. The number of hydrogen-bond acceptors (Lipinski definition) is 6. The summed E-state index contributed by atoms with van der Waals surface area (Å²) in [6.07, 6.45) is 5.51. The number of aromatic nitrogens is 3. The third kappa shape index (κ3) is 3.90. The molecule has 0 spiro atoms. The van der Waals surface area contributed by atoms with E-state index in [2.05, 4.69) is 19.9 Å². The Morgan fingerprint density at radius 3 is 2.84 bits per heavy atom. The van der Waals surface area contributed by atoms with E-state index in [0.717, 1.165) is 54.0 Å². The third-order valence-corrected chi connectivity index (χ3v) is 4.81. The summed E-state index contributed by atoms with van der Waals surface area (Å²) in [6, 6.07) is 3.81. The van der Waals surface area contributed by atoms with Crippen LogP contribution in [-0.4, -0.2) is 40.1 Å². The van der Waals surface area contributed by atoms with Crippen molar-refractivity contribution < 1.29 is 9.47 Å². The number of pyridine rings is 1. The van der Waals surface area contributed by atoms with E-state index >= 15 is 0 Å². The molecule has 0 N–H and O–H groups in total. The maximum atomic E-state index is 6.06. The number of methoxy groups -OCH3 is 1. The van der Waals surface area contributed by atoms with Gasteiger partial charge in [0.2, 0.25) is 11.8 Å². The molecular weight excluding hydrogens is 316 g/mol. The quantitative estimate of drug-likeness (QED) is 0.805. The zero-order valence-electron chi connectivity index (χ0n) is 14.9. The molecule has 1 aliphatic carbocycles. The Kier molecular flexibility index (Phi) is 4.53. The number of hydrogen-bond donors (Lipinski definition) is 0. The standard InChI is InChI=1S/C19H24N4O2/c1-13-21-17-7-8-23(10-14-3-4-14)11-16(17)19(22-13)25-12-15-5-6-18(24-2)20-9-15/h5-6,9,14H,3-4,7-8,10-12H2,1-2H3. The highest BCUT2D eigenvalue weighted by Gasteiger charge is 2.28. The van der Waals surface area contributed by atoms with Crippen LogP contribution in [0.5, 0.6) is 11.8 Å². The Bertz CT molecular complexity index is 744. The molecule has 1 fully saturated rings. The van der Waals surface area contributed by atoms with Gasteiger partial charge < -0.3 is 9.47 Å². The lowest BCUT2D eigenvalue weighted by molar-refractivity contribution is 0.225. The van der Waals surface area contributed by atoms with Crippen LogP contribution in [0.3, 0.4) is 0 Å². The molecule has 2 aromatic rings. The first kappa shape index (κ1) is 16.3. The maximum Gasteiger partial charge on any atom is 0.221 e. The number of nitrogens with zero attached hydrogens (tertiary/aromatic N) is 4. The monoisotopic (exact) mass is 340 g/mol. The van der Waals surface area contributed by atoms with Crippen molar-refractivity contribution in [2.24, 2.45) is 5.92 Å². The van der Waals surface area contributed by atoms with Gasteiger partial charge in [-0.1, -0.05) is 0 Å². The van der Waals surface area contributed by atoms with E-state index in [1.807, 2.05) is 19.1 Å². The van der Waals surface area contributed by atoms with E-state index in [0.29, 0.717) is 12.5 Å². The molecule has 4 rings (SSSR count). The first-order valence-corrected chi connectivity index (χ1v) is 8.91. The van der Waals surface area contributed by atoms with Crippen LogP contribution in [0.2, 0.25) is 0 Å². The second kappa shape index (κ2) is 6.96. The molecule has 1 saturated carbocycles. The van der Waals surface area contributed by atoms with Crippen molar-refractivity contribution in [3.05, 3.63) is 41.0 Å². The highest BCUT2D eigenvalue weighted by Crippen LogP contribution is 2.33. The van der Waals surface area contributed by atoms with Crippen LogP contribution in [0.4, 0.5) is 0 Å². The highest BCUT2D eigenvalue weighted by atomic mass is 16.5. The van der Waals surface area contributed by atoms with E-state index in [1.54, 1.807) is 13.3 Å². The van der Waals surface area contributed by atoms with Gasteiger partial charge in [0.05, 0.1) is 12.8 Å². The molecule has 1 aliphatic heterocycles. The summed E-state index contributed by atoms with van der Waals surface area (Å²) >= 11 is 0. The summed E-state index contributed by atoms with van der Waals surface area (Å²) in [7, 11) is 1.61. The first-order valence-electron chi connectivity index (χ1n) is 8.91. The lowest BCUT2D eigenvalue weighted by Gasteiger charge is -2.29. The van der Waals surface area contributed by atoms with Crippen molar-refractivity contribution in [2.75, 3.05) is 20.2 Å². The molecule has 3 heterocycles. The number of rotatable bonds is 6. The summed E-state index contributed by atoms with van der Waals surface area (Å²) in [5.74, 6) is 2.99. The van der Waals surface area contributed by atoms with Crippen LogP contribution in [-0.2, 0) is 19.6 Å². The number of ether oxygens (including phenoxy) is 2. The van der Waals surface area contributed by atoms with E-state index in [1.165, 1.54) is 19.4 Å². The first-order chi connectivity index (χ1) is 12.2. The fraction of sp³-hybridized carbons (Fsp3) is 0.526. The van der Waals surface area contributed by atoms with Gasteiger partial charge in [-0.3, -0.25) is 4.90 Å². The molecule has 0 unspecified atom stereocenters. The highest BCUT2D eigenvalue weighted by molar-refractivity contribution is 5.33. The molecule has 6 heteroatoms. The molecule has 0 amide bonds. The van der Waals surface area contributed by atoms with Gasteiger partial charge in [-0.15, -0.1) is 0 Å². The van der Waals surface area contributed by atoms with Gasteiger partial charge in [0, 0.05) is 49.4 Å². The minimum absolute atomic E-state index is 0.447. The third-order valence-electron chi connectivity index (χ3n) is 4.81. The van der Waals surface area contributed by atoms with Crippen molar-refractivity contribution in [1.29, 1.82) is 0 Å². The van der Waals surface area contributed by atoms with Crippen molar-refractivity contribution in [3.8, 4) is 11.8 Å². The summed E-state index contributed by atoms with van der Waals surface area (Å²) in [6.45, 7) is 5.54. The van der Waals surface area contributed by atoms with Crippen molar-refractivity contribution >= 4 is 0 Å². The van der Waals surface area contributed by atoms with Gasteiger partial charge in [-0.05, 0) is 31.7 Å². The molecule has 0 atom stereocenters. The average Bonchev–Trinajstić information content (AvgIpc) is 3.44. The second-order valence-corrected chi connectivity index (χ2v) is 6.93. The molecule has 6 nitrogen and oxygen atoms in total. The average molecular weight is 340 g/mol. The van der Waals surface area contributed by atoms with E-state index in [4.69, 9.17) is 9.47 Å². The van der Waals surface area contributed by atoms with Gasteiger partial charge in [-0.2, -0.15) is 4.98 Å². The normalized spacial score (nSPS) is 17.2. The Morgan fingerprint density at radius 2 is 2.12 bits per heavy atom. The molecule has 25 heavy (non-hydrogen) atoms. The lowest BCUT2D eigenvalue weighted by atomic mass is 10.1. The number of fused-ring (bicyclic) bond motifs is 1. The molecule has 2 aromatic heterocycles. The molecule has 0 aromatic carbocycles. The van der Waals surface area contributed by atoms with Gasteiger partial charge >= 0.3 is 0 Å². The zero-order chi connectivity index (χ0) is 17.2. The molecule has 0 radical (unpaired) electrons. The maximum absolute atomic E-state index is 6.06. The van der Waals surface area contributed by atoms with Crippen molar-refractivity contribution in [2.45, 2.75) is 39.3 Å². The Hall–Kier alpha value is -2.21. The minimum Gasteiger partial charge on any atom is -0.481 e. The molecule has 2 aliphatic rings. The van der Waals surface area contributed by atoms with E-state index in [-0.39, 0.29) is 0 Å². The largest absolute Gasteiger partial charge is 0.481 e. The van der Waals surface area contributed by atoms with Crippen LogP contribution in [0.25, 0.3) is 0 Å². The Labute approximate surface area is 148 Å². The van der Waals surface area contributed by atoms with Gasteiger partial charge in [-0.25, -0.2) is 9.97 Å². The summed E-state index contributed by atoms with van der Waals surface area (Å²) in [5, 5.41) is 0. The molecule has 0 saturated heterocycles. The Balaban J connectivity index is 1.49. The zero-order valence-corrected chi connectivity index (χ0v) is 14.9. The smallest absolute Gasteiger partial charge is 0.221 e. The van der Waals surface area contributed by atoms with E-state index in [9.17, 15) is 0 Å². The van der Waals surface area contributed by atoms with Crippen LogP contribution in [0.15, 0.2) is 18.3 Å². The molecular formula is C19H24N4O2. The van der Waals surface area contributed by atoms with E-state index < -0.39 is 0 Å². The van der Waals surface area contributed by atoms with Crippen molar-refractivity contribution in [3.63, 3.8) is 0 Å². The minimum atomic E-state index is 0.447. The summed E-state index contributed by atoms with van der Waals surface area (Å²) in [4.78, 5) is 15.9. The summed E-state index contributed by atoms with van der Waals surface area (Å²) in [5.41, 5.74) is 3.29. The topological polar surface area (TPSA) is 60.4 Å². The van der Waals surface area contributed by atoms with Crippen LogP contribution < -0.4 is 9.47 Å². The Morgan fingerprint density at radius 1 is 1.24 bits per heavy atom. The van der Waals surface area contributed by atoms with Crippen LogP contribution >= 0.6 is 0 Å². The van der Waals surface area contributed by atoms with Crippen molar-refractivity contribution in [1.82, 2.24) is 19.9 Å². The predicted molar refractivity (Wildman–Crippen MR) is 93.6 cm³/mol. The van der Waals surface area contributed by atoms with Gasteiger partial charge in [0.15, 0.2) is 0 Å². The van der Waals surface area contributed by atoms with Gasteiger partial charge in [0.25, 0.3) is 0 Å². The SMILES string of the molecule is COc1ccc(COc2nc(C)nc3c2CN(CC2CC2)CC3)cn1. The second-order valence-electron chi connectivity index (χ2n) is 6.93. The van der Waals surface area contributed by atoms with Crippen LogP contribution in [0, 0.1) is 12.8 Å². The fourth-order valence-corrected chi connectivity index (χ4v) is 3.27. The lowest BCUT2D eigenvalue weighted by Crippen LogP contribution is -2.33. The van der Waals surface area contributed by atoms with Gasteiger partial charge in [0.1, 0.15) is 12.4 Å². The fourth-order valence-electron chi connectivity index (χ4n) is 3.27.